The molecule has 128 valence electrons. The summed E-state index contributed by atoms with van der Waals surface area (Å²) in [5, 5.41) is 0. The first-order valence-electron chi connectivity index (χ1n) is 8.75. The van der Waals surface area contributed by atoms with Gasteiger partial charge in [0, 0.05) is 19.0 Å². The summed E-state index contributed by atoms with van der Waals surface area (Å²) in [5.41, 5.74) is 0.365. The number of rotatable bonds is 3. The number of methoxy groups -OCH3 is 1. The van der Waals surface area contributed by atoms with Gasteiger partial charge in [-0.1, -0.05) is 42.5 Å². The number of ether oxygens (including phenoxy) is 1. The van der Waals surface area contributed by atoms with Crippen molar-refractivity contribution in [2.24, 2.45) is 5.92 Å². The van der Waals surface area contributed by atoms with E-state index in [1.54, 1.807) is 0 Å². The van der Waals surface area contributed by atoms with Crippen molar-refractivity contribution in [3.63, 3.8) is 0 Å². The van der Waals surface area contributed by atoms with Crippen LogP contribution in [0.15, 0.2) is 42.5 Å². The van der Waals surface area contributed by atoms with Crippen molar-refractivity contribution in [2.45, 2.75) is 37.5 Å². The molecule has 1 unspecified atom stereocenters. The number of nitrogens with zero attached hydrogens (tertiary/aromatic N) is 1. The maximum Gasteiger partial charge on any atom is 0.316 e. The smallest absolute Gasteiger partial charge is 0.316 e. The van der Waals surface area contributed by atoms with E-state index in [9.17, 15) is 9.59 Å². The first-order valence-corrected chi connectivity index (χ1v) is 8.75. The molecule has 4 heteroatoms. The molecule has 1 aromatic rings. The van der Waals surface area contributed by atoms with Gasteiger partial charge in [0.05, 0.1) is 12.5 Å². The van der Waals surface area contributed by atoms with E-state index in [1.165, 1.54) is 7.11 Å². The quantitative estimate of drug-likeness (QED) is 0.633. The summed E-state index contributed by atoms with van der Waals surface area (Å²) < 4.78 is 5.11. The molecule has 3 rings (SSSR count). The summed E-state index contributed by atoms with van der Waals surface area (Å²) in [4.78, 5) is 27.2. The third kappa shape index (κ3) is 3.10. The van der Waals surface area contributed by atoms with Gasteiger partial charge >= 0.3 is 5.97 Å². The standard InChI is InChI=1S/C20H25NO3/c1-24-19(23)20(17-10-6-3-7-11-17)12-14-21(15-13-20)18(22)16-8-4-2-5-9-16/h2-4,6-7,10-11,16H,5,8-9,12-15H2,1H3. The van der Waals surface area contributed by atoms with E-state index in [0.29, 0.717) is 25.9 Å². The van der Waals surface area contributed by atoms with Crippen LogP contribution in [-0.2, 0) is 19.7 Å². The number of piperidine rings is 1. The lowest BCUT2D eigenvalue weighted by Crippen LogP contribution is -2.50. The zero-order valence-corrected chi connectivity index (χ0v) is 14.2. The predicted octanol–water partition coefficient (Wildman–Crippen LogP) is 3.08. The van der Waals surface area contributed by atoms with Gasteiger partial charge in [0.2, 0.25) is 5.91 Å². The summed E-state index contributed by atoms with van der Waals surface area (Å²) in [5.74, 6) is 0.157. The Bertz CT molecular complexity index is 615. The lowest BCUT2D eigenvalue weighted by Gasteiger charge is -2.41. The number of benzene rings is 1. The van der Waals surface area contributed by atoms with Crippen LogP contribution < -0.4 is 0 Å². The van der Waals surface area contributed by atoms with Gasteiger partial charge in [0.15, 0.2) is 0 Å². The average Bonchev–Trinajstić information content (AvgIpc) is 2.68. The second-order valence-corrected chi connectivity index (χ2v) is 6.75. The molecule has 0 spiro atoms. The van der Waals surface area contributed by atoms with Crippen molar-refractivity contribution in [3.8, 4) is 0 Å². The van der Waals surface area contributed by atoms with Crippen LogP contribution in [-0.4, -0.2) is 37.0 Å². The van der Waals surface area contributed by atoms with Crippen molar-refractivity contribution in [1.82, 2.24) is 4.90 Å². The Morgan fingerprint density at radius 1 is 1.12 bits per heavy atom. The molecule has 0 bridgehead atoms. The van der Waals surface area contributed by atoms with Gasteiger partial charge in [0.1, 0.15) is 0 Å². The summed E-state index contributed by atoms with van der Waals surface area (Å²) in [7, 11) is 1.44. The van der Waals surface area contributed by atoms with Crippen LogP contribution in [0.3, 0.4) is 0 Å². The molecular formula is C20H25NO3. The second kappa shape index (κ2) is 7.20. The molecule has 2 aliphatic rings. The Kier molecular flexibility index (Phi) is 5.03. The van der Waals surface area contributed by atoms with Crippen LogP contribution in [0.4, 0.5) is 0 Å². The third-order valence-electron chi connectivity index (χ3n) is 5.45. The van der Waals surface area contributed by atoms with E-state index in [1.807, 2.05) is 35.2 Å². The van der Waals surface area contributed by atoms with Crippen molar-refractivity contribution in [2.75, 3.05) is 20.2 Å². The van der Waals surface area contributed by atoms with Gasteiger partial charge in [-0.2, -0.15) is 0 Å². The highest BCUT2D eigenvalue weighted by Gasteiger charge is 2.45. The van der Waals surface area contributed by atoms with Gasteiger partial charge in [-0.25, -0.2) is 0 Å². The highest BCUT2D eigenvalue weighted by molar-refractivity contribution is 5.84. The molecule has 1 fully saturated rings. The van der Waals surface area contributed by atoms with Crippen LogP contribution >= 0.6 is 0 Å². The summed E-state index contributed by atoms with van der Waals surface area (Å²) in [6.45, 7) is 1.23. The highest BCUT2D eigenvalue weighted by atomic mass is 16.5. The van der Waals surface area contributed by atoms with Crippen molar-refractivity contribution >= 4 is 11.9 Å². The predicted molar refractivity (Wildman–Crippen MR) is 92.4 cm³/mol. The lowest BCUT2D eigenvalue weighted by atomic mass is 9.72. The topological polar surface area (TPSA) is 46.6 Å². The number of carbonyl (C=O) groups is 2. The fraction of sp³-hybridized carbons (Fsp3) is 0.500. The van der Waals surface area contributed by atoms with Gasteiger partial charge in [-0.05, 0) is 37.7 Å². The molecule has 0 aromatic heterocycles. The minimum atomic E-state index is -0.626. The SMILES string of the molecule is COC(=O)C1(c2ccccc2)CCN(C(=O)C2CC=CCC2)CC1. The molecule has 1 aromatic carbocycles. The molecule has 24 heavy (non-hydrogen) atoms. The van der Waals surface area contributed by atoms with E-state index in [4.69, 9.17) is 4.74 Å². The minimum Gasteiger partial charge on any atom is -0.468 e. The first-order chi connectivity index (χ1) is 11.7. The molecule has 4 nitrogen and oxygen atoms in total. The Morgan fingerprint density at radius 2 is 1.83 bits per heavy atom. The zero-order chi connectivity index (χ0) is 17.0. The van der Waals surface area contributed by atoms with E-state index < -0.39 is 5.41 Å². The summed E-state index contributed by atoms with van der Waals surface area (Å²) >= 11 is 0. The number of esters is 1. The van der Waals surface area contributed by atoms with Crippen LogP contribution in [0.5, 0.6) is 0 Å². The van der Waals surface area contributed by atoms with E-state index in [0.717, 1.165) is 24.8 Å². The van der Waals surface area contributed by atoms with Gasteiger partial charge in [-0.3, -0.25) is 9.59 Å². The fourth-order valence-electron chi connectivity index (χ4n) is 3.95. The van der Waals surface area contributed by atoms with Crippen molar-refractivity contribution in [3.05, 3.63) is 48.0 Å². The summed E-state index contributed by atoms with van der Waals surface area (Å²) in [6, 6.07) is 9.82. The number of allylic oxidation sites excluding steroid dienone is 2. The average molecular weight is 327 g/mol. The molecule has 1 saturated heterocycles. The van der Waals surface area contributed by atoms with E-state index in [2.05, 4.69) is 12.2 Å². The number of carbonyl (C=O) groups excluding carboxylic acids is 2. The van der Waals surface area contributed by atoms with E-state index in [-0.39, 0.29) is 17.8 Å². The van der Waals surface area contributed by atoms with Crippen molar-refractivity contribution in [1.29, 1.82) is 0 Å². The second-order valence-electron chi connectivity index (χ2n) is 6.75. The maximum absolute atomic E-state index is 12.7. The largest absolute Gasteiger partial charge is 0.468 e. The van der Waals surface area contributed by atoms with Crippen LogP contribution in [0.1, 0.15) is 37.7 Å². The van der Waals surface area contributed by atoms with Gasteiger partial charge in [-0.15, -0.1) is 0 Å². The third-order valence-corrected chi connectivity index (χ3v) is 5.45. The fourth-order valence-corrected chi connectivity index (χ4v) is 3.95. The number of hydrogen-bond acceptors (Lipinski definition) is 3. The zero-order valence-electron chi connectivity index (χ0n) is 14.2. The Labute approximate surface area is 143 Å². The molecule has 1 aliphatic heterocycles. The Balaban J connectivity index is 1.74. The lowest BCUT2D eigenvalue weighted by molar-refractivity contribution is -0.152. The minimum absolute atomic E-state index is 0.109. The molecule has 1 atom stereocenters. The normalized spacial score (nSPS) is 22.9. The monoisotopic (exact) mass is 327 g/mol. The summed E-state index contributed by atoms with van der Waals surface area (Å²) in [6.07, 6.45) is 8.27. The number of amides is 1. The molecule has 0 radical (unpaired) electrons. The van der Waals surface area contributed by atoms with Gasteiger partial charge in [0.25, 0.3) is 0 Å². The van der Waals surface area contributed by atoms with Crippen LogP contribution in [0.2, 0.25) is 0 Å². The molecule has 0 saturated carbocycles. The maximum atomic E-state index is 12.7. The van der Waals surface area contributed by atoms with Crippen LogP contribution in [0.25, 0.3) is 0 Å². The van der Waals surface area contributed by atoms with Crippen LogP contribution in [0, 0.1) is 5.92 Å². The van der Waals surface area contributed by atoms with Gasteiger partial charge < -0.3 is 9.64 Å². The number of hydrogen-bond donors (Lipinski definition) is 0. The highest BCUT2D eigenvalue weighted by Crippen LogP contribution is 2.37. The molecule has 1 amide bonds. The molecular weight excluding hydrogens is 302 g/mol. The Hall–Kier alpha value is -2.10. The molecule has 1 heterocycles. The molecule has 0 N–H and O–H groups in total. The molecule has 1 aliphatic carbocycles. The van der Waals surface area contributed by atoms with Crippen molar-refractivity contribution < 1.29 is 14.3 Å². The number of likely N-dealkylation sites (tertiary alicyclic amines) is 1. The van der Waals surface area contributed by atoms with E-state index >= 15 is 0 Å². The first kappa shape index (κ1) is 16.7. The Morgan fingerprint density at radius 3 is 2.42 bits per heavy atom.